The minimum Gasteiger partial charge on any atom is -0.486 e. The highest BCUT2D eigenvalue weighted by molar-refractivity contribution is 6.43. The topological polar surface area (TPSA) is 97.0 Å². The molecule has 2 aliphatic heterocycles. The molecule has 8 heteroatoms. The Morgan fingerprint density at radius 1 is 0.893 bits per heavy atom. The van der Waals surface area contributed by atoms with Crippen LogP contribution in [-0.2, 0) is 14.4 Å². The highest BCUT2D eigenvalue weighted by atomic mass is 16.6. The van der Waals surface area contributed by atoms with Crippen LogP contribution in [0.5, 0.6) is 11.5 Å². The number of hydrogen-bond acceptors (Lipinski definition) is 5. The highest BCUT2D eigenvalue weighted by Crippen LogP contribution is 2.32. The average molecular weight is 381 g/mol. The zero-order chi connectivity index (χ0) is 19.5. The molecule has 2 heterocycles. The van der Waals surface area contributed by atoms with E-state index in [1.807, 2.05) is 0 Å². The first-order valence-electron chi connectivity index (χ1n) is 9.02. The Morgan fingerprint density at radius 2 is 1.61 bits per heavy atom. The van der Waals surface area contributed by atoms with E-state index in [2.05, 4.69) is 10.6 Å². The van der Waals surface area contributed by atoms with Gasteiger partial charge in [0.2, 0.25) is 5.91 Å². The summed E-state index contributed by atoms with van der Waals surface area (Å²) in [5.74, 6) is -0.437. The summed E-state index contributed by atoms with van der Waals surface area (Å²) in [7, 11) is 0. The Labute approximate surface area is 161 Å². The second-order valence-electron chi connectivity index (χ2n) is 6.47. The number of rotatable bonds is 3. The summed E-state index contributed by atoms with van der Waals surface area (Å²) in [4.78, 5) is 38.0. The molecule has 2 aliphatic rings. The van der Waals surface area contributed by atoms with Crippen LogP contribution in [0.1, 0.15) is 12.8 Å². The maximum atomic E-state index is 12.2. The molecule has 2 aromatic carbocycles. The van der Waals surface area contributed by atoms with E-state index < -0.39 is 11.8 Å². The average Bonchev–Trinajstić information content (AvgIpc) is 3.14. The normalized spacial score (nSPS) is 15.3. The van der Waals surface area contributed by atoms with Gasteiger partial charge in [-0.05, 0) is 36.8 Å². The standard InChI is InChI=1S/C20H19N3O5/c24-18-5-2-8-23(18)15-4-1-3-13(11-15)21-19(25)20(26)22-14-6-7-16-17(12-14)28-10-9-27-16/h1,3-4,6-7,11-12H,2,5,8-10H2,(H,21,25)(H,22,26). The smallest absolute Gasteiger partial charge is 0.314 e. The third kappa shape index (κ3) is 3.75. The summed E-state index contributed by atoms with van der Waals surface area (Å²) in [5, 5.41) is 5.10. The highest BCUT2D eigenvalue weighted by Gasteiger charge is 2.22. The second kappa shape index (κ2) is 7.59. The summed E-state index contributed by atoms with van der Waals surface area (Å²) < 4.78 is 10.9. The van der Waals surface area contributed by atoms with Crippen molar-refractivity contribution in [3.05, 3.63) is 42.5 Å². The van der Waals surface area contributed by atoms with Gasteiger partial charge in [0.1, 0.15) is 13.2 Å². The summed E-state index contributed by atoms with van der Waals surface area (Å²) in [6.45, 7) is 1.56. The van der Waals surface area contributed by atoms with Crippen LogP contribution in [0.15, 0.2) is 42.5 Å². The van der Waals surface area contributed by atoms with Crippen LogP contribution in [0.4, 0.5) is 17.1 Å². The molecule has 0 radical (unpaired) electrons. The van der Waals surface area contributed by atoms with Crippen molar-refractivity contribution in [2.45, 2.75) is 12.8 Å². The minimum absolute atomic E-state index is 0.0554. The first-order valence-corrected chi connectivity index (χ1v) is 9.02. The maximum absolute atomic E-state index is 12.2. The summed E-state index contributed by atoms with van der Waals surface area (Å²) in [5.41, 5.74) is 1.58. The maximum Gasteiger partial charge on any atom is 0.314 e. The molecule has 0 atom stereocenters. The predicted molar refractivity (Wildman–Crippen MR) is 103 cm³/mol. The summed E-state index contributed by atoms with van der Waals surface area (Å²) in [6, 6.07) is 11.8. The first-order chi connectivity index (χ1) is 13.6. The van der Waals surface area contributed by atoms with Crippen LogP contribution in [0.2, 0.25) is 0 Å². The van der Waals surface area contributed by atoms with E-state index in [1.165, 1.54) is 0 Å². The Morgan fingerprint density at radius 3 is 2.32 bits per heavy atom. The molecule has 0 bridgehead atoms. The van der Waals surface area contributed by atoms with Gasteiger partial charge in [-0.3, -0.25) is 14.4 Å². The predicted octanol–water partition coefficient (Wildman–Crippen LogP) is 2.16. The molecule has 2 N–H and O–H groups in total. The van der Waals surface area contributed by atoms with Gasteiger partial charge in [0.05, 0.1) is 0 Å². The van der Waals surface area contributed by atoms with E-state index >= 15 is 0 Å². The molecule has 0 spiro atoms. The molecule has 0 aliphatic carbocycles. The molecule has 1 saturated heterocycles. The van der Waals surface area contributed by atoms with E-state index in [0.717, 1.165) is 6.42 Å². The van der Waals surface area contributed by atoms with Gasteiger partial charge in [-0.15, -0.1) is 0 Å². The number of hydrogen-bond donors (Lipinski definition) is 2. The number of amides is 3. The van der Waals surface area contributed by atoms with E-state index in [0.29, 0.717) is 54.7 Å². The molecule has 28 heavy (non-hydrogen) atoms. The largest absolute Gasteiger partial charge is 0.486 e. The minimum atomic E-state index is -0.806. The number of nitrogens with one attached hydrogen (secondary N) is 2. The number of benzene rings is 2. The van der Waals surface area contributed by atoms with E-state index in [1.54, 1.807) is 47.4 Å². The van der Waals surface area contributed by atoms with Crippen LogP contribution in [0.3, 0.4) is 0 Å². The summed E-state index contributed by atoms with van der Waals surface area (Å²) in [6.07, 6.45) is 1.34. The third-order valence-corrected chi connectivity index (χ3v) is 4.50. The lowest BCUT2D eigenvalue weighted by Gasteiger charge is -2.19. The van der Waals surface area contributed by atoms with Crippen molar-refractivity contribution in [3.63, 3.8) is 0 Å². The van der Waals surface area contributed by atoms with Crippen molar-refractivity contribution in [1.82, 2.24) is 0 Å². The van der Waals surface area contributed by atoms with Crippen molar-refractivity contribution in [1.29, 1.82) is 0 Å². The van der Waals surface area contributed by atoms with Gasteiger partial charge in [0, 0.05) is 36.1 Å². The van der Waals surface area contributed by atoms with Crippen molar-refractivity contribution in [2.75, 3.05) is 35.3 Å². The van der Waals surface area contributed by atoms with E-state index in [4.69, 9.17) is 9.47 Å². The number of carbonyl (C=O) groups is 3. The van der Waals surface area contributed by atoms with Crippen molar-refractivity contribution < 1.29 is 23.9 Å². The number of nitrogens with zero attached hydrogens (tertiary/aromatic N) is 1. The zero-order valence-electron chi connectivity index (χ0n) is 15.1. The van der Waals surface area contributed by atoms with Crippen molar-refractivity contribution >= 4 is 34.8 Å². The van der Waals surface area contributed by atoms with Crippen LogP contribution in [0.25, 0.3) is 0 Å². The first kappa shape index (κ1) is 17.8. The molecule has 3 amide bonds. The quantitative estimate of drug-likeness (QED) is 0.794. The fourth-order valence-electron chi connectivity index (χ4n) is 3.17. The van der Waals surface area contributed by atoms with Crippen LogP contribution < -0.4 is 25.0 Å². The van der Waals surface area contributed by atoms with Gasteiger partial charge in [-0.1, -0.05) is 6.07 Å². The number of ether oxygens (including phenoxy) is 2. The van der Waals surface area contributed by atoms with Gasteiger partial charge in [0.15, 0.2) is 11.5 Å². The molecule has 0 aromatic heterocycles. The van der Waals surface area contributed by atoms with E-state index in [-0.39, 0.29) is 5.91 Å². The third-order valence-electron chi connectivity index (χ3n) is 4.50. The zero-order valence-corrected chi connectivity index (χ0v) is 15.1. The van der Waals surface area contributed by atoms with Crippen LogP contribution in [-0.4, -0.2) is 37.5 Å². The lowest BCUT2D eigenvalue weighted by molar-refractivity contribution is -0.133. The molecule has 1 fully saturated rings. The monoisotopic (exact) mass is 381 g/mol. The lowest BCUT2D eigenvalue weighted by atomic mass is 10.2. The van der Waals surface area contributed by atoms with Gasteiger partial charge in [-0.25, -0.2) is 0 Å². The molecule has 2 aromatic rings. The van der Waals surface area contributed by atoms with Gasteiger partial charge >= 0.3 is 11.8 Å². The van der Waals surface area contributed by atoms with Gasteiger partial charge in [-0.2, -0.15) is 0 Å². The number of anilines is 3. The molecule has 0 unspecified atom stereocenters. The molecule has 8 nitrogen and oxygen atoms in total. The molecule has 144 valence electrons. The number of fused-ring (bicyclic) bond motifs is 1. The Balaban J connectivity index is 1.41. The number of carbonyl (C=O) groups excluding carboxylic acids is 3. The fourth-order valence-corrected chi connectivity index (χ4v) is 3.17. The molecule has 0 saturated carbocycles. The van der Waals surface area contributed by atoms with Crippen LogP contribution in [0, 0.1) is 0 Å². The van der Waals surface area contributed by atoms with Crippen molar-refractivity contribution in [3.8, 4) is 11.5 Å². The van der Waals surface area contributed by atoms with Crippen LogP contribution >= 0.6 is 0 Å². The lowest BCUT2D eigenvalue weighted by Crippen LogP contribution is -2.29. The Bertz CT molecular complexity index is 943. The Kier molecular flexibility index (Phi) is 4.84. The Hall–Kier alpha value is -3.55. The SMILES string of the molecule is O=C(Nc1cccc(N2CCCC2=O)c1)C(=O)Nc1ccc2c(c1)OCCO2. The van der Waals surface area contributed by atoms with E-state index in [9.17, 15) is 14.4 Å². The summed E-state index contributed by atoms with van der Waals surface area (Å²) >= 11 is 0. The fraction of sp³-hybridized carbons (Fsp3) is 0.250. The van der Waals surface area contributed by atoms with Gasteiger partial charge < -0.3 is 25.0 Å². The molecular formula is C20H19N3O5. The van der Waals surface area contributed by atoms with Gasteiger partial charge in [0.25, 0.3) is 0 Å². The van der Waals surface area contributed by atoms with Crippen molar-refractivity contribution in [2.24, 2.45) is 0 Å². The second-order valence-corrected chi connectivity index (χ2v) is 6.47. The molecule has 4 rings (SSSR count). The molecular weight excluding hydrogens is 362 g/mol.